The van der Waals surface area contributed by atoms with E-state index in [0.29, 0.717) is 11.4 Å². The molecule has 2 aromatic carbocycles. The van der Waals surface area contributed by atoms with E-state index in [0.717, 1.165) is 33.2 Å². The van der Waals surface area contributed by atoms with Crippen LogP contribution in [0, 0.1) is 27.7 Å². The molecular formula is C26H26N4O3. The number of pyridine rings is 1. The molecule has 2 heterocycles. The van der Waals surface area contributed by atoms with E-state index in [1.165, 1.54) is 10.9 Å². The van der Waals surface area contributed by atoms with E-state index in [4.69, 9.17) is 9.72 Å². The molecule has 7 nitrogen and oxygen atoms in total. The van der Waals surface area contributed by atoms with E-state index in [9.17, 15) is 9.59 Å². The van der Waals surface area contributed by atoms with Crippen molar-refractivity contribution in [2.24, 2.45) is 0 Å². The molecule has 0 spiro atoms. The van der Waals surface area contributed by atoms with Gasteiger partial charge in [-0.3, -0.25) is 4.79 Å². The van der Waals surface area contributed by atoms with Crippen LogP contribution in [0.3, 0.4) is 0 Å². The fourth-order valence-corrected chi connectivity index (χ4v) is 3.94. The topological polar surface area (TPSA) is 86.1 Å². The zero-order valence-corrected chi connectivity index (χ0v) is 19.4. The number of amides is 1. The van der Waals surface area contributed by atoms with Crippen LogP contribution in [0.4, 0.5) is 5.82 Å². The Balaban J connectivity index is 1.86. The van der Waals surface area contributed by atoms with Crippen LogP contribution >= 0.6 is 0 Å². The summed E-state index contributed by atoms with van der Waals surface area (Å²) in [5.74, 6) is -0.182. The van der Waals surface area contributed by atoms with Crippen molar-refractivity contribution in [3.63, 3.8) is 0 Å². The van der Waals surface area contributed by atoms with Crippen molar-refractivity contribution in [3.8, 4) is 5.82 Å². The molecule has 33 heavy (non-hydrogen) atoms. The van der Waals surface area contributed by atoms with Gasteiger partial charge in [0.25, 0.3) is 5.91 Å². The third-order valence-electron chi connectivity index (χ3n) is 5.54. The number of carbonyl (C=O) groups excluding carboxylic acids is 2. The van der Waals surface area contributed by atoms with Crippen molar-refractivity contribution in [1.82, 2.24) is 14.8 Å². The van der Waals surface area contributed by atoms with Gasteiger partial charge < -0.3 is 10.1 Å². The number of esters is 1. The second-order valence-corrected chi connectivity index (χ2v) is 8.08. The summed E-state index contributed by atoms with van der Waals surface area (Å²) in [6.07, 6.45) is 1.40. The first-order valence-corrected chi connectivity index (χ1v) is 10.8. The Labute approximate surface area is 192 Å². The molecule has 2 aromatic heterocycles. The molecule has 7 heteroatoms. The van der Waals surface area contributed by atoms with Crippen LogP contribution < -0.4 is 5.32 Å². The molecular weight excluding hydrogens is 416 g/mol. The zero-order valence-electron chi connectivity index (χ0n) is 19.4. The average molecular weight is 443 g/mol. The van der Waals surface area contributed by atoms with E-state index in [1.54, 1.807) is 19.1 Å². The van der Waals surface area contributed by atoms with Gasteiger partial charge in [0.2, 0.25) is 0 Å². The van der Waals surface area contributed by atoms with Gasteiger partial charge in [0.1, 0.15) is 5.56 Å². The fourth-order valence-electron chi connectivity index (χ4n) is 3.94. The second kappa shape index (κ2) is 8.86. The van der Waals surface area contributed by atoms with Gasteiger partial charge in [-0.1, -0.05) is 29.8 Å². The molecule has 0 aliphatic carbocycles. The summed E-state index contributed by atoms with van der Waals surface area (Å²) in [4.78, 5) is 30.5. The van der Waals surface area contributed by atoms with Gasteiger partial charge in [-0.05, 0) is 69.5 Å². The Kier molecular flexibility index (Phi) is 5.96. The molecule has 0 saturated heterocycles. The Bertz CT molecular complexity index is 1390. The molecule has 0 radical (unpaired) electrons. The third kappa shape index (κ3) is 4.22. The van der Waals surface area contributed by atoms with Crippen molar-refractivity contribution in [3.05, 3.63) is 82.0 Å². The van der Waals surface area contributed by atoms with E-state index < -0.39 is 5.97 Å². The van der Waals surface area contributed by atoms with Crippen molar-refractivity contribution >= 4 is 28.6 Å². The van der Waals surface area contributed by atoms with Crippen molar-refractivity contribution in [2.45, 2.75) is 34.6 Å². The first-order valence-electron chi connectivity index (χ1n) is 10.8. The van der Waals surface area contributed by atoms with Gasteiger partial charge in [-0.2, -0.15) is 9.78 Å². The lowest BCUT2D eigenvalue weighted by molar-refractivity contribution is 0.0527. The normalized spacial score (nSPS) is 10.9. The van der Waals surface area contributed by atoms with Crippen LogP contribution in [0.1, 0.15) is 49.9 Å². The summed E-state index contributed by atoms with van der Waals surface area (Å²) < 4.78 is 6.67. The summed E-state index contributed by atoms with van der Waals surface area (Å²) >= 11 is 0. The van der Waals surface area contributed by atoms with Crippen LogP contribution in [0.25, 0.3) is 16.7 Å². The number of nitrogens with zero attached hydrogens (tertiary/aromatic N) is 3. The van der Waals surface area contributed by atoms with Gasteiger partial charge in [0.05, 0.1) is 18.3 Å². The van der Waals surface area contributed by atoms with Crippen molar-refractivity contribution < 1.29 is 14.3 Å². The summed E-state index contributed by atoms with van der Waals surface area (Å²) in [5, 5.41) is 8.31. The Morgan fingerprint density at radius 2 is 1.73 bits per heavy atom. The molecule has 0 aliphatic heterocycles. The van der Waals surface area contributed by atoms with Crippen LogP contribution in [-0.2, 0) is 4.74 Å². The van der Waals surface area contributed by atoms with Crippen molar-refractivity contribution in [2.75, 3.05) is 11.9 Å². The van der Waals surface area contributed by atoms with Gasteiger partial charge in [0, 0.05) is 10.9 Å². The quantitative estimate of drug-likeness (QED) is 0.436. The number of nitrogens with one attached hydrogen (secondary N) is 1. The van der Waals surface area contributed by atoms with E-state index in [1.807, 2.05) is 39.0 Å². The number of anilines is 1. The molecule has 0 unspecified atom stereocenters. The van der Waals surface area contributed by atoms with Gasteiger partial charge >= 0.3 is 5.97 Å². The summed E-state index contributed by atoms with van der Waals surface area (Å²) in [5.41, 5.74) is 5.56. The van der Waals surface area contributed by atoms with Gasteiger partial charge in [-0.25, -0.2) is 9.78 Å². The fraction of sp³-hybridized carbons (Fsp3) is 0.231. The molecule has 0 aliphatic rings. The number of carbonyl (C=O) groups is 2. The number of aryl methyl sites for hydroxylation is 4. The Morgan fingerprint density at radius 1 is 0.970 bits per heavy atom. The van der Waals surface area contributed by atoms with Crippen LogP contribution in [0.15, 0.2) is 48.7 Å². The number of rotatable bonds is 5. The highest BCUT2D eigenvalue weighted by molar-refractivity contribution is 6.08. The smallest absolute Gasteiger partial charge is 0.343 e. The molecule has 0 saturated carbocycles. The standard InChI is InChI=1S/C26H26N4O3/c1-6-33-26(32)21-14-27-30(24(21)29-25(31)19-10-8-7-9-16(19)3)22-13-17(4)20-12-15(2)11-18(5)23(20)28-22/h7-14H,6H2,1-5H3,(H,29,31). The Hall–Kier alpha value is -4.00. The summed E-state index contributed by atoms with van der Waals surface area (Å²) in [7, 11) is 0. The lowest BCUT2D eigenvalue weighted by atomic mass is 10.0. The maximum atomic E-state index is 13.1. The van der Waals surface area contributed by atoms with Crippen molar-refractivity contribution in [1.29, 1.82) is 0 Å². The minimum atomic E-state index is -0.562. The maximum absolute atomic E-state index is 13.1. The largest absolute Gasteiger partial charge is 0.462 e. The highest BCUT2D eigenvalue weighted by atomic mass is 16.5. The van der Waals surface area contributed by atoms with Gasteiger partial charge in [0.15, 0.2) is 11.6 Å². The molecule has 0 fully saturated rings. The molecule has 1 N–H and O–H groups in total. The first-order chi connectivity index (χ1) is 15.8. The van der Waals surface area contributed by atoms with Gasteiger partial charge in [-0.15, -0.1) is 0 Å². The summed E-state index contributed by atoms with van der Waals surface area (Å²) in [6.45, 7) is 9.87. The van der Waals surface area contributed by atoms with Crippen LogP contribution in [-0.4, -0.2) is 33.2 Å². The average Bonchev–Trinajstić information content (AvgIpc) is 3.18. The number of hydrogen-bond donors (Lipinski definition) is 1. The lowest BCUT2D eigenvalue weighted by Crippen LogP contribution is -2.19. The minimum Gasteiger partial charge on any atom is -0.462 e. The molecule has 168 valence electrons. The lowest BCUT2D eigenvalue weighted by Gasteiger charge is -2.14. The number of aromatic nitrogens is 3. The second-order valence-electron chi connectivity index (χ2n) is 8.08. The molecule has 4 aromatic rings. The summed E-state index contributed by atoms with van der Waals surface area (Å²) in [6, 6.07) is 13.3. The highest BCUT2D eigenvalue weighted by Crippen LogP contribution is 2.27. The first kappa shape index (κ1) is 22.2. The molecule has 0 atom stereocenters. The monoisotopic (exact) mass is 442 g/mol. The number of fused-ring (bicyclic) bond motifs is 1. The predicted octanol–water partition coefficient (Wildman–Crippen LogP) is 5.08. The third-order valence-corrected chi connectivity index (χ3v) is 5.54. The number of benzene rings is 2. The van der Waals surface area contributed by atoms with Crippen LogP contribution in [0.2, 0.25) is 0 Å². The van der Waals surface area contributed by atoms with E-state index in [-0.39, 0.29) is 23.9 Å². The maximum Gasteiger partial charge on any atom is 0.343 e. The SMILES string of the molecule is CCOC(=O)c1cnn(-c2cc(C)c3cc(C)cc(C)c3n2)c1NC(=O)c1ccccc1C. The van der Waals surface area contributed by atoms with Crippen LogP contribution in [0.5, 0.6) is 0 Å². The number of hydrogen-bond acceptors (Lipinski definition) is 5. The molecule has 1 amide bonds. The Morgan fingerprint density at radius 3 is 2.45 bits per heavy atom. The molecule has 0 bridgehead atoms. The minimum absolute atomic E-state index is 0.166. The van der Waals surface area contributed by atoms with E-state index >= 15 is 0 Å². The highest BCUT2D eigenvalue weighted by Gasteiger charge is 2.23. The zero-order chi connectivity index (χ0) is 23.7. The number of ether oxygens (including phenoxy) is 1. The molecule has 4 rings (SSSR count). The van der Waals surface area contributed by atoms with E-state index in [2.05, 4.69) is 29.5 Å². The predicted molar refractivity (Wildman–Crippen MR) is 128 cm³/mol.